The summed E-state index contributed by atoms with van der Waals surface area (Å²) in [5.74, 6) is 0.0273. The highest BCUT2D eigenvalue weighted by Crippen LogP contribution is 2.35. The van der Waals surface area contributed by atoms with Crippen molar-refractivity contribution in [1.82, 2.24) is 5.16 Å². The van der Waals surface area contributed by atoms with Gasteiger partial charge >= 0.3 is 0 Å². The van der Waals surface area contributed by atoms with Crippen molar-refractivity contribution in [2.75, 3.05) is 0 Å². The van der Waals surface area contributed by atoms with Gasteiger partial charge in [-0.05, 0) is 22.9 Å². The standard InChI is InChI=1S/C20H14FNO2/c21-15-8-3-7-14(11-15)20-18(12-23)19(22-24-20)17-10-4-6-13-5-1-2-9-16(13)17/h1-11,23H,12H2. The second kappa shape index (κ2) is 5.91. The largest absolute Gasteiger partial charge is 0.391 e. The minimum atomic E-state index is -0.362. The average molecular weight is 319 g/mol. The van der Waals surface area contributed by atoms with Gasteiger partial charge in [0.15, 0.2) is 5.76 Å². The molecule has 1 aromatic heterocycles. The summed E-state index contributed by atoms with van der Waals surface area (Å²) in [6, 6.07) is 19.9. The molecule has 4 rings (SSSR count). The summed E-state index contributed by atoms with van der Waals surface area (Å²) in [5.41, 5.74) is 2.56. The first-order valence-electron chi connectivity index (χ1n) is 7.61. The Morgan fingerprint density at radius 2 is 1.75 bits per heavy atom. The maximum absolute atomic E-state index is 13.5. The highest BCUT2D eigenvalue weighted by molar-refractivity contribution is 5.97. The van der Waals surface area contributed by atoms with Gasteiger partial charge in [-0.15, -0.1) is 0 Å². The SMILES string of the molecule is OCc1c(-c2cccc3ccccc23)noc1-c1cccc(F)c1. The molecule has 1 heterocycles. The normalized spacial score (nSPS) is 11.1. The molecule has 0 aliphatic rings. The summed E-state index contributed by atoms with van der Waals surface area (Å²) in [5, 5.41) is 16.1. The van der Waals surface area contributed by atoms with Crippen LogP contribution in [0.3, 0.4) is 0 Å². The number of benzene rings is 3. The molecular formula is C20H14FNO2. The second-order valence-corrected chi connectivity index (χ2v) is 5.53. The third-order valence-electron chi connectivity index (χ3n) is 4.08. The van der Waals surface area contributed by atoms with Crippen LogP contribution in [0.4, 0.5) is 4.39 Å². The number of nitrogens with zero attached hydrogens (tertiary/aromatic N) is 1. The van der Waals surface area contributed by atoms with Crippen molar-refractivity contribution in [2.24, 2.45) is 0 Å². The average Bonchev–Trinajstić information content (AvgIpc) is 3.05. The molecule has 0 unspecified atom stereocenters. The van der Waals surface area contributed by atoms with Gasteiger partial charge in [-0.2, -0.15) is 0 Å². The molecule has 0 saturated heterocycles. The molecule has 0 fully saturated rings. The molecule has 0 bridgehead atoms. The van der Waals surface area contributed by atoms with Crippen LogP contribution < -0.4 is 0 Å². The van der Waals surface area contributed by atoms with Gasteiger partial charge in [0.05, 0.1) is 12.2 Å². The third-order valence-corrected chi connectivity index (χ3v) is 4.08. The molecule has 4 heteroatoms. The molecule has 0 spiro atoms. The van der Waals surface area contributed by atoms with E-state index in [0.717, 1.165) is 16.3 Å². The van der Waals surface area contributed by atoms with E-state index < -0.39 is 0 Å². The van der Waals surface area contributed by atoms with Gasteiger partial charge in [0, 0.05) is 11.1 Å². The lowest BCUT2D eigenvalue weighted by molar-refractivity contribution is 0.281. The van der Waals surface area contributed by atoms with E-state index in [-0.39, 0.29) is 12.4 Å². The summed E-state index contributed by atoms with van der Waals surface area (Å²) >= 11 is 0. The molecule has 0 amide bonds. The Bertz CT molecular complexity index is 1020. The fraction of sp³-hybridized carbons (Fsp3) is 0.0500. The molecule has 3 aromatic carbocycles. The molecule has 3 nitrogen and oxygen atoms in total. The number of hydrogen-bond donors (Lipinski definition) is 1. The Kier molecular flexibility index (Phi) is 3.59. The number of fused-ring (bicyclic) bond motifs is 1. The van der Waals surface area contributed by atoms with Gasteiger partial charge in [-0.3, -0.25) is 0 Å². The zero-order chi connectivity index (χ0) is 16.5. The lowest BCUT2D eigenvalue weighted by atomic mass is 9.98. The highest BCUT2D eigenvalue weighted by Gasteiger charge is 2.20. The second-order valence-electron chi connectivity index (χ2n) is 5.53. The number of rotatable bonds is 3. The Labute approximate surface area is 138 Å². The lowest BCUT2D eigenvalue weighted by Crippen LogP contribution is -1.90. The first kappa shape index (κ1) is 14.6. The Morgan fingerprint density at radius 1 is 0.958 bits per heavy atom. The van der Waals surface area contributed by atoms with Crippen LogP contribution in [-0.2, 0) is 6.61 Å². The monoisotopic (exact) mass is 319 g/mol. The van der Waals surface area contributed by atoms with E-state index >= 15 is 0 Å². The number of aromatic nitrogens is 1. The van der Waals surface area contributed by atoms with Crippen molar-refractivity contribution in [3.8, 4) is 22.6 Å². The van der Waals surface area contributed by atoms with Gasteiger partial charge in [0.1, 0.15) is 11.5 Å². The molecule has 0 aliphatic carbocycles. The Hall–Kier alpha value is -2.98. The van der Waals surface area contributed by atoms with Crippen molar-refractivity contribution < 1.29 is 14.0 Å². The minimum Gasteiger partial charge on any atom is -0.391 e. The molecule has 4 aromatic rings. The van der Waals surface area contributed by atoms with Crippen LogP contribution in [0, 0.1) is 5.82 Å². The summed E-state index contributed by atoms with van der Waals surface area (Å²) in [4.78, 5) is 0. The zero-order valence-electron chi connectivity index (χ0n) is 12.7. The van der Waals surface area contributed by atoms with Crippen LogP contribution in [0.15, 0.2) is 71.3 Å². The van der Waals surface area contributed by atoms with Gasteiger partial charge in [-0.1, -0.05) is 59.8 Å². The third kappa shape index (κ3) is 2.37. The first-order valence-corrected chi connectivity index (χ1v) is 7.61. The minimum absolute atomic E-state index is 0.242. The van der Waals surface area contributed by atoms with Crippen molar-refractivity contribution in [3.05, 3.63) is 78.1 Å². The molecule has 118 valence electrons. The van der Waals surface area contributed by atoms with Crippen LogP contribution >= 0.6 is 0 Å². The fourth-order valence-corrected chi connectivity index (χ4v) is 2.96. The zero-order valence-corrected chi connectivity index (χ0v) is 12.7. The maximum Gasteiger partial charge on any atom is 0.173 e. The number of aliphatic hydroxyl groups is 1. The Morgan fingerprint density at radius 3 is 2.58 bits per heavy atom. The number of aliphatic hydroxyl groups excluding tert-OH is 1. The number of halogens is 1. The van der Waals surface area contributed by atoms with Gasteiger partial charge in [-0.25, -0.2) is 4.39 Å². The smallest absolute Gasteiger partial charge is 0.173 e. The van der Waals surface area contributed by atoms with E-state index in [0.29, 0.717) is 22.6 Å². The number of hydrogen-bond acceptors (Lipinski definition) is 3. The molecule has 0 radical (unpaired) electrons. The Balaban J connectivity index is 1.94. The van der Waals surface area contributed by atoms with Crippen molar-refractivity contribution in [3.63, 3.8) is 0 Å². The summed E-state index contributed by atoms with van der Waals surface area (Å²) in [6.07, 6.45) is 0. The fourth-order valence-electron chi connectivity index (χ4n) is 2.96. The van der Waals surface area contributed by atoms with Crippen LogP contribution in [0.25, 0.3) is 33.4 Å². The molecule has 0 saturated carbocycles. The lowest BCUT2D eigenvalue weighted by Gasteiger charge is -2.05. The predicted octanol–water partition coefficient (Wildman–Crippen LogP) is 4.79. The molecule has 0 aliphatic heterocycles. The van der Waals surface area contributed by atoms with Crippen LogP contribution in [0.5, 0.6) is 0 Å². The van der Waals surface area contributed by atoms with E-state index in [9.17, 15) is 9.50 Å². The van der Waals surface area contributed by atoms with Crippen LogP contribution in [0.2, 0.25) is 0 Å². The van der Waals surface area contributed by atoms with Gasteiger partial charge < -0.3 is 9.63 Å². The summed E-state index contributed by atoms with van der Waals surface area (Å²) in [7, 11) is 0. The van der Waals surface area contributed by atoms with Gasteiger partial charge in [0.2, 0.25) is 0 Å². The van der Waals surface area contributed by atoms with Gasteiger partial charge in [0.25, 0.3) is 0 Å². The quantitative estimate of drug-likeness (QED) is 0.590. The van der Waals surface area contributed by atoms with Crippen molar-refractivity contribution >= 4 is 10.8 Å². The van der Waals surface area contributed by atoms with Crippen molar-refractivity contribution in [1.29, 1.82) is 0 Å². The van der Waals surface area contributed by atoms with E-state index in [1.54, 1.807) is 12.1 Å². The molecule has 1 N–H and O–H groups in total. The first-order chi connectivity index (χ1) is 11.8. The predicted molar refractivity (Wildman–Crippen MR) is 90.8 cm³/mol. The van der Waals surface area contributed by atoms with Crippen LogP contribution in [-0.4, -0.2) is 10.3 Å². The molecule has 0 atom stereocenters. The van der Waals surface area contributed by atoms with E-state index in [4.69, 9.17) is 4.52 Å². The van der Waals surface area contributed by atoms with E-state index in [2.05, 4.69) is 5.16 Å². The van der Waals surface area contributed by atoms with E-state index in [1.807, 2.05) is 42.5 Å². The topological polar surface area (TPSA) is 46.3 Å². The highest BCUT2D eigenvalue weighted by atomic mass is 19.1. The maximum atomic E-state index is 13.5. The van der Waals surface area contributed by atoms with E-state index in [1.165, 1.54) is 12.1 Å². The van der Waals surface area contributed by atoms with Crippen LogP contribution in [0.1, 0.15) is 5.56 Å². The molecule has 24 heavy (non-hydrogen) atoms. The summed E-state index contributed by atoms with van der Waals surface area (Å²) < 4.78 is 19.0. The molecular weight excluding hydrogens is 305 g/mol. The summed E-state index contributed by atoms with van der Waals surface area (Å²) in [6.45, 7) is -0.242. The van der Waals surface area contributed by atoms with Crippen molar-refractivity contribution in [2.45, 2.75) is 6.61 Å².